The van der Waals surface area contributed by atoms with E-state index < -0.39 is 0 Å². The highest BCUT2D eigenvalue weighted by atomic mass is 79.9. The van der Waals surface area contributed by atoms with Crippen molar-refractivity contribution in [3.8, 4) is 0 Å². The molecule has 0 aliphatic carbocycles. The lowest BCUT2D eigenvalue weighted by atomic mass is 9.43. The first-order valence-corrected chi connectivity index (χ1v) is 9.03. The fourth-order valence-electron chi connectivity index (χ4n) is 2.09. The Balaban J connectivity index is 4.72. The van der Waals surface area contributed by atoms with Gasteiger partial charge in [-0.15, -0.1) is 0 Å². The van der Waals surface area contributed by atoms with Crippen LogP contribution >= 0.6 is 15.9 Å². The summed E-state index contributed by atoms with van der Waals surface area (Å²) in [6.45, 7) is 15.8. The molecule has 1 nitrogen and oxygen atoms in total. The van der Waals surface area contributed by atoms with Crippen molar-refractivity contribution in [2.45, 2.75) is 92.0 Å². The first-order valence-electron chi connectivity index (χ1n) is 8.24. The second-order valence-corrected chi connectivity index (χ2v) is 7.89. The summed E-state index contributed by atoms with van der Waals surface area (Å²) in [6.07, 6.45) is 8.97. The van der Waals surface area contributed by atoms with E-state index >= 15 is 0 Å². The fourth-order valence-corrected chi connectivity index (χ4v) is 3.02. The molecule has 118 valence electrons. The molecule has 20 heavy (non-hydrogen) atoms. The molecule has 0 N–H and O–H groups in total. The molecule has 0 saturated heterocycles. The molecule has 0 rings (SSSR count). The first-order chi connectivity index (χ1) is 9.23. The molecule has 0 aliphatic heterocycles. The number of allylic oxidation sites excluding steroid dienone is 1. The van der Waals surface area contributed by atoms with Crippen molar-refractivity contribution in [1.82, 2.24) is 0 Å². The third-order valence-electron chi connectivity index (χ3n) is 4.22. The van der Waals surface area contributed by atoms with Crippen molar-refractivity contribution in [2.24, 2.45) is 5.92 Å². The van der Waals surface area contributed by atoms with E-state index in [1.165, 1.54) is 30.1 Å². The number of hydrogen-bond donors (Lipinski definition) is 0. The molecule has 0 aromatic carbocycles. The van der Waals surface area contributed by atoms with E-state index in [4.69, 9.17) is 4.65 Å². The van der Waals surface area contributed by atoms with Crippen LogP contribution in [0.15, 0.2) is 10.5 Å². The lowest BCUT2D eigenvalue weighted by molar-refractivity contribution is 0.224. The van der Waals surface area contributed by atoms with Crippen molar-refractivity contribution in [1.29, 1.82) is 0 Å². The monoisotopic (exact) mass is 344 g/mol. The summed E-state index contributed by atoms with van der Waals surface area (Å²) in [4.78, 5) is 0. The summed E-state index contributed by atoms with van der Waals surface area (Å²) in [5.74, 6) is 0.576. The summed E-state index contributed by atoms with van der Waals surface area (Å²) in [6, 6.07) is 0. The molecule has 0 spiro atoms. The standard InChI is InChI=1S/C17H34BBrO/c1-8-9-10-11-12-13-16(19)18(20-15(4)5)17(6,7)14(2)3/h13-15H,8-12H2,1-7H3/b16-13-. The van der Waals surface area contributed by atoms with Crippen molar-refractivity contribution < 1.29 is 4.65 Å². The van der Waals surface area contributed by atoms with Crippen molar-refractivity contribution >= 4 is 22.8 Å². The van der Waals surface area contributed by atoms with Gasteiger partial charge in [-0.05, 0) is 42.3 Å². The number of hydrogen-bond acceptors (Lipinski definition) is 1. The van der Waals surface area contributed by atoms with Gasteiger partial charge < -0.3 is 4.65 Å². The van der Waals surface area contributed by atoms with E-state index in [0.29, 0.717) is 5.92 Å². The minimum atomic E-state index is 0.128. The highest BCUT2D eigenvalue weighted by Gasteiger charge is 2.40. The second kappa shape index (κ2) is 10.1. The van der Waals surface area contributed by atoms with Gasteiger partial charge in [0.05, 0.1) is 0 Å². The molecular weight excluding hydrogens is 311 g/mol. The Kier molecular flexibility index (Phi) is 10.2. The van der Waals surface area contributed by atoms with E-state index in [1.807, 2.05) is 0 Å². The maximum absolute atomic E-state index is 6.20. The number of rotatable bonds is 10. The Hall–Kier alpha value is 0.245. The van der Waals surface area contributed by atoms with Gasteiger partial charge >= 0.3 is 6.92 Å². The normalized spacial score (nSPS) is 13.4. The Morgan fingerprint density at radius 3 is 2.20 bits per heavy atom. The molecule has 3 heteroatoms. The van der Waals surface area contributed by atoms with E-state index in [-0.39, 0.29) is 18.3 Å². The maximum atomic E-state index is 6.20. The molecule has 0 unspecified atom stereocenters. The van der Waals surface area contributed by atoms with E-state index in [9.17, 15) is 0 Å². The van der Waals surface area contributed by atoms with Crippen LogP contribution in [0.4, 0.5) is 0 Å². The average molecular weight is 345 g/mol. The molecule has 0 bridgehead atoms. The lowest BCUT2D eigenvalue weighted by Gasteiger charge is -2.36. The highest BCUT2D eigenvalue weighted by Crippen LogP contribution is 2.42. The van der Waals surface area contributed by atoms with E-state index in [0.717, 1.165) is 6.42 Å². The Morgan fingerprint density at radius 1 is 1.15 bits per heavy atom. The van der Waals surface area contributed by atoms with Crippen LogP contribution in [0.5, 0.6) is 0 Å². The van der Waals surface area contributed by atoms with Crippen LogP contribution in [0.2, 0.25) is 5.31 Å². The predicted molar refractivity (Wildman–Crippen MR) is 96.6 cm³/mol. The molecule has 0 saturated carbocycles. The summed E-state index contributed by atoms with van der Waals surface area (Å²) in [7, 11) is 0. The zero-order chi connectivity index (χ0) is 15.8. The van der Waals surface area contributed by atoms with Gasteiger partial charge in [0.15, 0.2) is 0 Å². The molecule has 0 aromatic heterocycles. The van der Waals surface area contributed by atoms with Gasteiger partial charge in [0, 0.05) is 6.10 Å². The van der Waals surface area contributed by atoms with Crippen LogP contribution in [-0.4, -0.2) is 13.0 Å². The molecule has 0 atom stereocenters. The topological polar surface area (TPSA) is 9.23 Å². The van der Waals surface area contributed by atoms with Gasteiger partial charge in [-0.2, -0.15) is 0 Å². The molecule has 0 fully saturated rings. The summed E-state index contributed by atoms with van der Waals surface area (Å²) >= 11 is 3.78. The fraction of sp³-hybridized carbons (Fsp3) is 0.882. The van der Waals surface area contributed by atoms with Crippen LogP contribution in [0.3, 0.4) is 0 Å². The van der Waals surface area contributed by atoms with Crippen molar-refractivity contribution in [3.05, 3.63) is 10.5 Å². The van der Waals surface area contributed by atoms with Gasteiger partial charge in [0.1, 0.15) is 0 Å². The van der Waals surface area contributed by atoms with Gasteiger partial charge in [-0.25, -0.2) is 0 Å². The third-order valence-corrected chi connectivity index (χ3v) is 4.96. The van der Waals surface area contributed by atoms with Gasteiger partial charge in [-0.1, -0.05) is 75.9 Å². The van der Waals surface area contributed by atoms with Crippen LogP contribution in [0.25, 0.3) is 0 Å². The Bertz CT molecular complexity index is 285. The van der Waals surface area contributed by atoms with E-state index in [1.54, 1.807) is 0 Å². The van der Waals surface area contributed by atoms with Crippen molar-refractivity contribution in [3.63, 3.8) is 0 Å². The third kappa shape index (κ3) is 7.31. The molecule has 0 heterocycles. The zero-order valence-electron chi connectivity index (χ0n) is 14.6. The summed E-state index contributed by atoms with van der Waals surface area (Å²) < 4.78 is 7.42. The smallest absolute Gasteiger partial charge is 0.339 e. The average Bonchev–Trinajstić information content (AvgIpc) is 2.34. The SMILES string of the molecule is CCCCCC/C=C(\Br)B(OC(C)C)C(C)(C)C(C)C. The summed E-state index contributed by atoms with van der Waals surface area (Å²) in [5, 5.41) is 0.128. The van der Waals surface area contributed by atoms with Gasteiger partial charge in [0.2, 0.25) is 0 Å². The first kappa shape index (κ1) is 20.2. The minimum Gasteiger partial charge on any atom is -0.428 e. The highest BCUT2D eigenvalue weighted by molar-refractivity contribution is 9.12. The molecule has 0 radical (unpaired) electrons. The summed E-state index contributed by atoms with van der Waals surface area (Å²) in [5.41, 5.74) is 0. The molecular formula is C17H34BBrO. The number of halogens is 1. The van der Waals surface area contributed by atoms with Crippen LogP contribution in [0, 0.1) is 5.92 Å². The van der Waals surface area contributed by atoms with E-state index in [2.05, 4.69) is 70.5 Å². The molecule has 0 amide bonds. The zero-order valence-corrected chi connectivity index (χ0v) is 16.2. The molecule has 0 aliphatic rings. The number of unbranched alkanes of at least 4 members (excludes halogenated alkanes) is 4. The molecule has 0 aromatic rings. The van der Waals surface area contributed by atoms with Crippen LogP contribution < -0.4 is 0 Å². The quantitative estimate of drug-likeness (QED) is 0.319. The van der Waals surface area contributed by atoms with Crippen molar-refractivity contribution in [2.75, 3.05) is 0 Å². The lowest BCUT2D eigenvalue weighted by Crippen LogP contribution is -2.38. The predicted octanol–water partition coefficient (Wildman–Crippen LogP) is 6.63. The Labute approximate surface area is 136 Å². The maximum Gasteiger partial charge on any atom is 0.339 e. The Morgan fingerprint density at radius 2 is 1.75 bits per heavy atom. The van der Waals surface area contributed by atoms with Gasteiger partial charge in [0.25, 0.3) is 0 Å². The largest absolute Gasteiger partial charge is 0.428 e. The van der Waals surface area contributed by atoms with Crippen LogP contribution in [0.1, 0.15) is 80.6 Å². The van der Waals surface area contributed by atoms with Crippen LogP contribution in [-0.2, 0) is 4.65 Å². The van der Waals surface area contributed by atoms with Gasteiger partial charge in [-0.3, -0.25) is 0 Å². The second-order valence-electron chi connectivity index (χ2n) is 6.98. The minimum absolute atomic E-state index is 0.128.